The molecule has 0 spiro atoms. The van der Waals surface area contributed by atoms with Gasteiger partial charge in [-0.3, -0.25) is 4.57 Å². The standard InChI is InChI=1S/C11H18ClN3O/c1-7-8(5-6-16-7)15-9(11(2,3)4)13-14-10(15)12/h7-8H,5-6H2,1-4H3. The van der Waals surface area contributed by atoms with Crippen molar-refractivity contribution in [2.75, 3.05) is 6.61 Å². The summed E-state index contributed by atoms with van der Waals surface area (Å²) >= 11 is 6.13. The second-order valence-electron chi connectivity index (χ2n) is 5.34. The zero-order chi connectivity index (χ0) is 11.9. The van der Waals surface area contributed by atoms with E-state index >= 15 is 0 Å². The summed E-state index contributed by atoms with van der Waals surface area (Å²) in [6.45, 7) is 9.20. The van der Waals surface area contributed by atoms with Gasteiger partial charge < -0.3 is 4.74 Å². The topological polar surface area (TPSA) is 39.9 Å². The molecular weight excluding hydrogens is 226 g/mol. The van der Waals surface area contributed by atoms with Crippen molar-refractivity contribution in [1.82, 2.24) is 14.8 Å². The highest BCUT2D eigenvalue weighted by molar-refractivity contribution is 6.28. The van der Waals surface area contributed by atoms with Crippen LogP contribution in [0.5, 0.6) is 0 Å². The lowest BCUT2D eigenvalue weighted by molar-refractivity contribution is 0.106. The summed E-state index contributed by atoms with van der Waals surface area (Å²) in [5.41, 5.74) is -0.0531. The first-order chi connectivity index (χ1) is 7.41. The zero-order valence-corrected chi connectivity index (χ0v) is 11.0. The van der Waals surface area contributed by atoms with Crippen molar-refractivity contribution >= 4 is 11.6 Å². The third-order valence-corrected chi connectivity index (χ3v) is 3.25. The van der Waals surface area contributed by atoms with Crippen LogP contribution in [-0.2, 0) is 10.2 Å². The third-order valence-electron chi connectivity index (χ3n) is 2.99. The van der Waals surface area contributed by atoms with Crippen LogP contribution in [-0.4, -0.2) is 27.5 Å². The Kier molecular flexibility index (Phi) is 2.97. The normalized spacial score (nSPS) is 26.3. The van der Waals surface area contributed by atoms with Gasteiger partial charge >= 0.3 is 0 Å². The molecule has 2 atom stereocenters. The fourth-order valence-corrected chi connectivity index (χ4v) is 2.38. The molecule has 2 unspecified atom stereocenters. The highest BCUT2D eigenvalue weighted by Crippen LogP contribution is 2.33. The van der Waals surface area contributed by atoms with Gasteiger partial charge in [0.15, 0.2) is 0 Å². The second-order valence-corrected chi connectivity index (χ2v) is 5.68. The summed E-state index contributed by atoms with van der Waals surface area (Å²) in [6.07, 6.45) is 1.15. The number of nitrogens with zero attached hydrogens (tertiary/aromatic N) is 3. The number of hydrogen-bond donors (Lipinski definition) is 0. The van der Waals surface area contributed by atoms with Crippen molar-refractivity contribution < 1.29 is 4.74 Å². The quantitative estimate of drug-likeness (QED) is 0.761. The van der Waals surface area contributed by atoms with E-state index in [0.29, 0.717) is 5.28 Å². The molecule has 5 heteroatoms. The van der Waals surface area contributed by atoms with Gasteiger partial charge in [0.1, 0.15) is 5.82 Å². The Bertz CT molecular complexity index is 383. The molecule has 1 aromatic rings. The molecule has 0 saturated carbocycles. The minimum Gasteiger partial charge on any atom is -0.376 e. The average Bonchev–Trinajstić information content (AvgIpc) is 2.70. The molecule has 0 amide bonds. The maximum atomic E-state index is 6.13. The molecule has 0 radical (unpaired) electrons. The molecule has 1 aliphatic heterocycles. The van der Waals surface area contributed by atoms with E-state index in [9.17, 15) is 0 Å². The molecule has 1 fully saturated rings. The van der Waals surface area contributed by atoms with Crippen LogP contribution in [0, 0.1) is 0 Å². The fourth-order valence-electron chi connectivity index (χ4n) is 2.14. The molecule has 0 aliphatic carbocycles. The maximum absolute atomic E-state index is 6.13. The Morgan fingerprint density at radius 2 is 2.06 bits per heavy atom. The van der Waals surface area contributed by atoms with Gasteiger partial charge in [-0.15, -0.1) is 10.2 Å². The van der Waals surface area contributed by atoms with E-state index in [0.717, 1.165) is 18.9 Å². The summed E-state index contributed by atoms with van der Waals surface area (Å²) in [4.78, 5) is 0. The fraction of sp³-hybridized carbons (Fsp3) is 0.818. The number of halogens is 1. The molecule has 0 bridgehead atoms. The Labute approximate surface area is 101 Å². The Hall–Kier alpha value is -0.610. The van der Waals surface area contributed by atoms with Crippen LogP contribution >= 0.6 is 11.6 Å². The molecule has 0 N–H and O–H groups in total. The van der Waals surface area contributed by atoms with Gasteiger partial charge in [-0.05, 0) is 24.9 Å². The van der Waals surface area contributed by atoms with Gasteiger partial charge in [0.2, 0.25) is 5.28 Å². The summed E-state index contributed by atoms with van der Waals surface area (Å²) < 4.78 is 7.60. The predicted octanol–water partition coefficient (Wildman–Crippen LogP) is 2.58. The number of aromatic nitrogens is 3. The molecule has 4 nitrogen and oxygen atoms in total. The van der Waals surface area contributed by atoms with E-state index in [1.807, 2.05) is 4.57 Å². The van der Waals surface area contributed by atoms with E-state index < -0.39 is 0 Å². The number of rotatable bonds is 1. The lowest BCUT2D eigenvalue weighted by Crippen LogP contribution is -2.25. The Balaban J connectivity index is 2.43. The minimum atomic E-state index is -0.0531. The maximum Gasteiger partial charge on any atom is 0.225 e. The molecule has 90 valence electrons. The summed E-state index contributed by atoms with van der Waals surface area (Å²) in [5, 5.41) is 8.64. The van der Waals surface area contributed by atoms with Crippen molar-refractivity contribution in [2.24, 2.45) is 0 Å². The van der Waals surface area contributed by atoms with Crippen LogP contribution in [0.25, 0.3) is 0 Å². The van der Waals surface area contributed by atoms with Crippen molar-refractivity contribution in [3.8, 4) is 0 Å². The van der Waals surface area contributed by atoms with Crippen molar-refractivity contribution in [3.63, 3.8) is 0 Å². The second kappa shape index (κ2) is 4.00. The summed E-state index contributed by atoms with van der Waals surface area (Å²) in [6, 6.07) is 0.261. The van der Waals surface area contributed by atoms with Crippen LogP contribution in [0.1, 0.15) is 46.0 Å². The van der Waals surface area contributed by atoms with Gasteiger partial charge in [0, 0.05) is 12.0 Å². The molecular formula is C11H18ClN3O. The molecule has 0 aromatic carbocycles. The average molecular weight is 244 g/mol. The van der Waals surface area contributed by atoms with E-state index in [2.05, 4.69) is 37.9 Å². The van der Waals surface area contributed by atoms with Crippen LogP contribution in [0.15, 0.2) is 0 Å². The minimum absolute atomic E-state index is 0.0531. The third kappa shape index (κ3) is 1.96. The lowest BCUT2D eigenvalue weighted by atomic mass is 9.95. The summed E-state index contributed by atoms with van der Waals surface area (Å²) in [7, 11) is 0. The smallest absolute Gasteiger partial charge is 0.225 e. The van der Waals surface area contributed by atoms with Crippen LogP contribution < -0.4 is 0 Å². The van der Waals surface area contributed by atoms with Crippen LogP contribution in [0.2, 0.25) is 5.28 Å². The first-order valence-electron chi connectivity index (χ1n) is 5.63. The van der Waals surface area contributed by atoms with Gasteiger partial charge in [0.05, 0.1) is 12.1 Å². The highest BCUT2D eigenvalue weighted by atomic mass is 35.5. The summed E-state index contributed by atoms with van der Waals surface area (Å²) in [5.74, 6) is 0.930. The van der Waals surface area contributed by atoms with Crippen molar-refractivity contribution in [1.29, 1.82) is 0 Å². The highest BCUT2D eigenvalue weighted by Gasteiger charge is 2.33. The molecule has 1 saturated heterocycles. The zero-order valence-electron chi connectivity index (χ0n) is 10.2. The van der Waals surface area contributed by atoms with Crippen molar-refractivity contribution in [2.45, 2.75) is 51.7 Å². The predicted molar refractivity (Wildman–Crippen MR) is 62.8 cm³/mol. The van der Waals surface area contributed by atoms with Gasteiger partial charge in [-0.25, -0.2) is 0 Å². The lowest BCUT2D eigenvalue weighted by Gasteiger charge is -2.24. The van der Waals surface area contributed by atoms with Crippen LogP contribution in [0.4, 0.5) is 0 Å². The van der Waals surface area contributed by atoms with E-state index in [-0.39, 0.29) is 17.6 Å². The first-order valence-corrected chi connectivity index (χ1v) is 6.01. The molecule has 16 heavy (non-hydrogen) atoms. The molecule has 1 aromatic heterocycles. The Morgan fingerprint density at radius 3 is 2.56 bits per heavy atom. The molecule has 2 rings (SSSR count). The first kappa shape index (κ1) is 11.9. The van der Waals surface area contributed by atoms with Gasteiger partial charge in [-0.2, -0.15) is 0 Å². The number of hydrogen-bond acceptors (Lipinski definition) is 3. The van der Waals surface area contributed by atoms with E-state index in [1.54, 1.807) is 0 Å². The van der Waals surface area contributed by atoms with E-state index in [4.69, 9.17) is 16.3 Å². The monoisotopic (exact) mass is 243 g/mol. The van der Waals surface area contributed by atoms with E-state index in [1.165, 1.54) is 0 Å². The van der Waals surface area contributed by atoms with Crippen LogP contribution in [0.3, 0.4) is 0 Å². The molecule has 2 heterocycles. The van der Waals surface area contributed by atoms with Gasteiger partial charge in [-0.1, -0.05) is 20.8 Å². The van der Waals surface area contributed by atoms with Crippen molar-refractivity contribution in [3.05, 3.63) is 11.1 Å². The number of ether oxygens (including phenoxy) is 1. The SMILES string of the molecule is CC1OCCC1n1c(Cl)nnc1C(C)(C)C. The largest absolute Gasteiger partial charge is 0.376 e. The molecule has 1 aliphatic rings. The van der Waals surface area contributed by atoms with Gasteiger partial charge in [0.25, 0.3) is 0 Å². The Morgan fingerprint density at radius 1 is 1.38 bits per heavy atom.